The van der Waals surface area contributed by atoms with Crippen LogP contribution in [0.1, 0.15) is 18.9 Å². The summed E-state index contributed by atoms with van der Waals surface area (Å²) in [4.78, 5) is 24.5. The van der Waals surface area contributed by atoms with E-state index in [1.165, 1.54) is 0 Å². The number of halogens is 3. The summed E-state index contributed by atoms with van der Waals surface area (Å²) in [5.74, 6) is -4.23. The standard InChI is InChI=1S/C13H13F3N2O2/c1-2-10-13(20)18(6-11(19)17-10)5-7-3-8(14)4-9(15)12(7)16/h3-4,10H,2,5-6H2,1H3,(H,17,19)/t10-/m1/s1. The first-order valence-corrected chi connectivity index (χ1v) is 6.14. The summed E-state index contributed by atoms with van der Waals surface area (Å²) >= 11 is 0. The topological polar surface area (TPSA) is 49.4 Å². The molecule has 0 bridgehead atoms. The maximum absolute atomic E-state index is 13.6. The number of benzene rings is 1. The van der Waals surface area contributed by atoms with Gasteiger partial charge in [-0.05, 0) is 12.5 Å². The van der Waals surface area contributed by atoms with Crippen molar-refractivity contribution < 1.29 is 22.8 Å². The third kappa shape index (κ3) is 2.76. The van der Waals surface area contributed by atoms with Gasteiger partial charge in [0.25, 0.3) is 0 Å². The number of piperazine rings is 1. The molecule has 0 unspecified atom stereocenters. The van der Waals surface area contributed by atoms with Crippen LogP contribution in [0.25, 0.3) is 0 Å². The fourth-order valence-corrected chi connectivity index (χ4v) is 2.11. The third-order valence-electron chi connectivity index (χ3n) is 3.12. The lowest BCUT2D eigenvalue weighted by Gasteiger charge is -2.32. The second-order valence-corrected chi connectivity index (χ2v) is 4.58. The van der Waals surface area contributed by atoms with E-state index in [2.05, 4.69) is 5.32 Å². The van der Waals surface area contributed by atoms with E-state index >= 15 is 0 Å². The van der Waals surface area contributed by atoms with Crippen molar-refractivity contribution in [1.82, 2.24) is 10.2 Å². The van der Waals surface area contributed by atoms with Crippen LogP contribution >= 0.6 is 0 Å². The van der Waals surface area contributed by atoms with Crippen LogP contribution in [-0.4, -0.2) is 29.3 Å². The van der Waals surface area contributed by atoms with Gasteiger partial charge in [-0.3, -0.25) is 9.59 Å². The Morgan fingerprint density at radius 2 is 2.00 bits per heavy atom. The number of carbonyl (C=O) groups excluding carboxylic acids is 2. The number of carbonyl (C=O) groups is 2. The monoisotopic (exact) mass is 286 g/mol. The molecule has 0 spiro atoms. The lowest BCUT2D eigenvalue weighted by atomic mass is 10.1. The van der Waals surface area contributed by atoms with Crippen molar-refractivity contribution in [2.24, 2.45) is 0 Å². The van der Waals surface area contributed by atoms with Gasteiger partial charge in [0.1, 0.15) is 11.9 Å². The predicted molar refractivity (Wildman–Crippen MR) is 64.0 cm³/mol. The molecule has 1 aliphatic rings. The first-order chi connectivity index (χ1) is 9.42. The summed E-state index contributed by atoms with van der Waals surface area (Å²) < 4.78 is 39.8. The smallest absolute Gasteiger partial charge is 0.245 e. The average Bonchev–Trinajstić information content (AvgIpc) is 2.39. The summed E-state index contributed by atoms with van der Waals surface area (Å²) in [5, 5.41) is 2.50. The van der Waals surface area contributed by atoms with E-state index in [0.29, 0.717) is 12.5 Å². The molecule has 2 rings (SSSR count). The highest BCUT2D eigenvalue weighted by molar-refractivity contribution is 5.94. The molecule has 1 aromatic carbocycles. The molecule has 20 heavy (non-hydrogen) atoms. The SMILES string of the molecule is CC[C@H]1NC(=O)CN(Cc2cc(F)cc(F)c2F)C1=O. The van der Waals surface area contributed by atoms with Crippen molar-refractivity contribution >= 4 is 11.8 Å². The highest BCUT2D eigenvalue weighted by atomic mass is 19.2. The van der Waals surface area contributed by atoms with E-state index in [9.17, 15) is 22.8 Å². The zero-order valence-corrected chi connectivity index (χ0v) is 10.8. The largest absolute Gasteiger partial charge is 0.343 e. The van der Waals surface area contributed by atoms with E-state index in [0.717, 1.165) is 11.0 Å². The van der Waals surface area contributed by atoms with Crippen LogP contribution in [0.2, 0.25) is 0 Å². The number of nitrogens with zero attached hydrogens (tertiary/aromatic N) is 1. The number of hydrogen-bond donors (Lipinski definition) is 1. The van der Waals surface area contributed by atoms with Gasteiger partial charge in [0.2, 0.25) is 11.8 Å². The van der Waals surface area contributed by atoms with Gasteiger partial charge in [-0.25, -0.2) is 13.2 Å². The van der Waals surface area contributed by atoms with Gasteiger partial charge in [-0.1, -0.05) is 6.92 Å². The molecule has 0 aliphatic carbocycles. The van der Waals surface area contributed by atoms with Crippen LogP contribution in [0.4, 0.5) is 13.2 Å². The Kier molecular flexibility index (Phi) is 3.96. The van der Waals surface area contributed by atoms with Gasteiger partial charge in [-0.2, -0.15) is 0 Å². The van der Waals surface area contributed by atoms with Crippen LogP contribution in [0, 0.1) is 17.5 Å². The molecular weight excluding hydrogens is 273 g/mol. The zero-order valence-electron chi connectivity index (χ0n) is 10.8. The van der Waals surface area contributed by atoms with Crippen molar-refractivity contribution in [3.8, 4) is 0 Å². The van der Waals surface area contributed by atoms with E-state index < -0.39 is 29.4 Å². The van der Waals surface area contributed by atoms with Crippen molar-refractivity contribution in [1.29, 1.82) is 0 Å². The van der Waals surface area contributed by atoms with Gasteiger partial charge < -0.3 is 10.2 Å². The van der Waals surface area contributed by atoms with Crippen LogP contribution in [0.3, 0.4) is 0 Å². The number of hydrogen-bond acceptors (Lipinski definition) is 2. The van der Waals surface area contributed by atoms with Gasteiger partial charge in [-0.15, -0.1) is 0 Å². The van der Waals surface area contributed by atoms with Crippen molar-refractivity contribution in [2.45, 2.75) is 25.9 Å². The van der Waals surface area contributed by atoms with Crippen LogP contribution in [0.15, 0.2) is 12.1 Å². The first kappa shape index (κ1) is 14.4. The molecule has 0 radical (unpaired) electrons. The quantitative estimate of drug-likeness (QED) is 0.853. The fraction of sp³-hybridized carbons (Fsp3) is 0.385. The van der Waals surface area contributed by atoms with Crippen molar-refractivity contribution in [3.05, 3.63) is 35.1 Å². The number of rotatable bonds is 3. The minimum atomic E-state index is -1.32. The van der Waals surface area contributed by atoms with Crippen LogP contribution < -0.4 is 5.32 Å². The molecule has 0 aromatic heterocycles. The highest BCUT2D eigenvalue weighted by Gasteiger charge is 2.32. The predicted octanol–water partition coefficient (Wildman–Crippen LogP) is 1.34. The normalized spacial score (nSPS) is 19.2. The Bertz CT molecular complexity index is 563. The molecule has 108 valence electrons. The Balaban J connectivity index is 2.25. The molecular formula is C13H13F3N2O2. The third-order valence-corrected chi connectivity index (χ3v) is 3.12. The lowest BCUT2D eigenvalue weighted by molar-refractivity contribution is -0.144. The summed E-state index contributed by atoms with van der Waals surface area (Å²) in [7, 11) is 0. The van der Waals surface area contributed by atoms with Crippen molar-refractivity contribution in [3.63, 3.8) is 0 Å². The molecule has 7 heteroatoms. The van der Waals surface area contributed by atoms with E-state index in [1.54, 1.807) is 6.92 Å². The second kappa shape index (κ2) is 5.52. The van der Waals surface area contributed by atoms with Gasteiger partial charge >= 0.3 is 0 Å². The van der Waals surface area contributed by atoms with Gasteiger partial charge in [0, 0.05) is 18.2 Å². The molecule has 4 nitrogen and oxygen atoms in total. The van der Waals surface area contributed by atoms with Gasteiger partial charge in [0.05, 0.1) is 6.54 Å². The zero-order chi connectivity index (χ0) is 14.9. The maximum Gasteiger partial charge on any atom is 0.245 e. The molecule has 0 saturated carbocycles. The molecule has 1 atom stereocenters. The summed E-state index contributed by atoms with van der Waals surface area (Å²) in [6, 6.07) is 0.565. The lowest BCUT2D eigenvalue weighted by Crippen LogP contribution is -2.57. The fourth-order valence-electron chi connectivity index (χ4n) is 2.11. The van der Waals surface area contributed by atoms with E-state index in [1.807, 2.05) is 0 Å². The molecule has 1 saturated heterocycles. The average molecular weight is 286 g/mol. The van der Waals surface area contributed by atoms with E-state index in [4.69, 9.17) is 0 Å². The molecule has 1 heterocycles. The molecule has 1 fully saturated rings. The summed E-state index contributed by atoms with van der Waals surface area (Å²) in [6.07, 6.45) is 0.390. The van der Waals surface area contributed by atoms with Crippen molar-refractivity contribution in [2.75, 3.05) is 6.54 Å². The Morgan fingerprint density at radius 3 is 2.65 bits per heavy atom. The minimum absolute atomic E-state index is 0.257. The first-order valence-electron chi connectivity index (χ1n) is 6.14. The Hall–Kier alpha value is -2.05. The molecule has 2 amide bonds. The van der Waals surface area contributed by atoms with Crippen LogP contribution in [0.5, 0.6) is 0 Å². The van der Waals surface area contributed by atoms with Gasteiger partial charge in [0.15, 0.2) is 11.6 Å². The minimum Gasteiger partial charge on any atom is -0.343 e. The number of amides is 2. The van der Waals surface area contributed by atoms with E-state index in [-0.39, 0.29) is 24.6 Å². The second-order valence-electron chi connectivity index (χ2n) is 4.58. The maximum atomic E-state index is 13.6. The van der Waals surface area contributed by atoms with Crippen LogP contribution in [-0.2, 0) is 16.1 Å². The summed E-state index contributed by atoms with van der Waals surface area (Å²) in [5.41, 5.74) is -0.291. The molecule has 1 aromatic rings. The molecule has 1 aliphatic heterocycles. The molecule has 1 N–H and O–H groups in total. The highest BCUT2D eigenvalue weighted by Crippen LogP contribution is 2.18. The Morgan fingerprint density at radius 1 is 1.30 bits per heavy atom. The summed E-state index contributed by atoms with van der Waals surface area (Å²) in [6.45, 7) is 1.12. The Labute approximate surface area is 113 Å². The number of nitrogens with one attached hydrogen (secondary N) is 1.